The average Bonchev–Trinajstić information content (AvgIpc) is 3.08. The number of pyridine rings is 1. The van der Waals surface area contributed by atoms with Gasteiger partial charge in [0.25, 0.3) is 0 Å². The van der Waals surface area contributed by atoms with Crippen LogP contribution in [0.4, 0.5) is 0 Å². The van der Waals surface area contributed by atoms with Crippen molar-refractivity contribution in [1.82, 2.24) is 19.7 Å². The molecule has 3 rings (SSSR count). The van der Waals surface area contributed by atoms with Crippen LogP contribution < -0.4 is 0 Å². The highest BCUT2D eigenvalue weighted by atomic mass is 32.1. The number of hydrogen-bond acceptors (Lipinski definition) is 5. The van der Waals surface area contributed by atoms with Gasteiger partial charge in [-0.3, -0.25) is 9.78 Å². The molecule has 0 aliphatic rings. The summed E-state index contributed by atoms with van der Waals surface area (Å²) in [6, 6.07) is 5.60. The predicted octanol–water partition coefficient (Wildman–Crippen LogP) is 2.51. The number of carbonyl (C=O) groups excluding carboxylic acids is 1. The van der Waals surface area contributed by atoms with Gasteiger partial charge in [0.2, 0.25) is 5.13 Å². The first-order valence-electron chi connectivity index (χ1n) is 5.66. The van der Waals surface area contributed by atoms with E-state index < -0.39 is 0 Å². The Balaban J connectivity index is 2.17. The van der Waals surface area contributed by atoms with Crippen LogP contribution in [0.2, 0.25) is 0 Å². The Hall–Kier alpha value is -2.34. The molecule has 0 amide bonds. The van der Waals surface area contributed by atoms with Crippen molar-refractivity contribution in [2.45, 2.75) is 6.92 Å². The molecule has 94 valence electrons. The Morgan fingerprint density at radius 3 is 2.84 bits per heavy atom. The summed E-state index contributed by atoms with van der Waals surface area (Å²) in [5.41, 5.74) is 2.98. The van der Waals surface area contributed by atoms with Crippen molar-refractivity contribution in [3.8, 4) is 16.5 Å². The maximum atomic E-state index is 10.9. The Labute approximate surface area is 113 Å². The van der Waals surface area contributed by atoms with E-state index in [2.05, 4.69) is 15.1 Å². The summed E-state index contributed by atoms with van der Waals surface area (Å²) < 4.78 is 1.64. The molecule has 0 fully saturated rings. The van der Waals surface area contributed by atoms with Crippen LogP contribution in [-0.4, -0.2) is 26.0 Å². The van der Waals surface area contributed by atoms with Gasteiger partial charge in [-0.1, -0.05) is 6.07 Å². The molecule has 6 heteroatoms. The van der Waals surface area contributed by atoms with Crippen molar-refractivity contribution < 1.29 is 4.79 Å². The number of thiazole rings is 1. The van der Waals surface area contributed by atoms with E-state index in [9.17, 15) is 4.79 Å². The van der Waals surface area contributed by atoms with Crippen LogP contribution in [0.15, 0.2) is 36.0 Å². The third-order valence-corrected chi connectivity index (χ3v) is 3.37. The second kappa shape index (κ2) is 4.74. The molecule has 0 unspecified atom stereocenters. The monoisotopic (exact) mass is 270 g/mol. The van der Waals surface area contributed by atoms with Gasteiger partial charge in [-0.2, -0.15) is 5.10 Å². The molecular weight excluding hydrogens is 260 g/mol. The van der Waals surface area contributed by atoms with E-state index in [0.717, 1.165) is 23.2 Å². The van der Waals surface area contributed by atoms with Crippen LogP contribution in [0, 0.1) is 6.92 Å². The van der Waals surface area contributed by atoms with Crippen molar-refractivity contribution in [2.75, 3.05) is 0 Å². The molecule has 0 aromatic carbocycles. The third-order valence-electron chi connectivity index (χ3n) is 2.62. The molecule has 0 N–H and O–H groups in total. The van der Waals surface area contributed by atoms with Crippen molar-refractivity contribution in [3.05, 3.63) is 47.2 Å². The Morgan fingerprint density at radius 2 is 2.21 bits per heavy atom. The Bertz CT molecular complexity index is 701. The topological polar surface area (TPSA) is 60.7 Å². The summed E-state index contributed by atoms with van der Waals surface area (Å²) in [4.78, 5) is 19.5. The van der Waals surface area contributed by atoms with Crippen molar-refractivity contribution in [2.24, 2.45) is 0 Å². The fourth-order valence-corrected chi connectivity index (χ4v) is 2.33. The lowest BCUT2D eigenvalue weighted by Gasteiger charge is -2.03. The highest BCUT2D eigenvalue weighted by Gasteiger charge is 2.13. The molecule has 0 atom stereocenters. The van der Waals surface area contributed by atoms with Crippen molar-refractivity contribution >= 4 is 17.6 Å². The molecule has 19 heavy (non-hydrogen) atoms. The van der Waals surface area contributed by atoms with Crippen LogP contribution in [0.3, 0.4) is 0 Å². The largest absolute Gasteiger partial charge is 0.296 e. The fourth-order valence-electron chi connectivity index (χ4n) is 1.73. The lowest BCUT2D eigenvalue weighted by Crippen LogP contribution is -1.99. The fraction of sp³-hybridized carbons (Fsp3) is 0.0769. The summed E-state index contributed by atoms with van der Waals surface area (Å²) in [6.45, 7) is 1.98. The quantitative estimate of drug-likeness (QED) is 0.686. The van der Waals surface area contributed by atoms with Gasteiger partial charge in [-0.05, 0) is 24.6 Å². The van der Waals surface area contributed by atoms with E-state index in [1.807, 2.05) is 24.4 Å². The van der Waals surface area contributed by atoms with Gasteiger partial charge in [-0.15, -0.1) is 11.3 Å². The maximum Gasteiger partial charge on any atom is 0.210 e. The zero-order chi connectivity index (χ0) is 13.2. The summed E-state index contributed by atoms with van der Waals surface area (Å²) in [5.74, 6) is 0. The van der Waals surface area contributed by atoms with Crippen LogP contribution >= 0.6 is 11.3 Å². The summed E-state index contributed by atoms with van der Waals surface area (Å²) in [6.07, 6.45) is 4.21. The van der Waals surface area contributed by atoms with Crippen molar-refractivity contribution in [3.63, 3.8) is 0 Å². The highest BCUT2D eigenvalue weighted by Crippen LogP contribution is 2.23. The smallest absolute Gasteiger partial charge is 0.210 e. The lowest BCUT2D eigenvalue weighted by molar-refractivity contribution is 0.111. The molecule has 3 aromatic heterocycles. The number of rotatable bonds is 3. The SMILES string of the molecule is Cc1ccc(-c2cc(C=O)nn2-c2nccs2)nc1. The van der Waals surface area contributed by atoms with Gasteiger partial charge in [-0.25, -0.2) is 9.67 Å². The number of aryl methyl sites for hydroxylation is 1. The number of aldehydes is 1. The summed E-state index contributed by atoms with van der Waals surface area (Å²) in [7, 11) is 0. The number of nitrogens with zero attached hydrogens (tertiary/aromatic N) is 4. The van der Waals surface area contributed by atoms with Gasteiger partial charge >= 0.3 is 0 Å². The van der Waals surface area contributed by atoms with E-state index in [1.54, 1.807) is 23.1 Å². The number of aromatic nitrogens is 4. The molecule has 5 nitrogen and oxygen atoms in total. The molecule has 3 aromatic rings. The predicted molar refractivity (Wildman–Crippen MR) is 72.6 cm³/mol. The van der Waals surface area contributed by atoms with E-state index >= 15 is 0 Å². The van der Waals surface area contributed by atoms with E-state index in [-0.39, 0.29) is 0 Å². The minimum absolute atomic E-state index is 0.368. The standard InChI is InChI=1S/C13H10N4OS/c1-9-2-3-11(15-7-9)12-6-10(8-18)16-17(12)13-14-4-5-19-13/h2-8H,1H3. The van der Waals surface area contributed by atoms with E-state index in [1.165, 1.54) is 11.3 Å². The number of hydrogen-bond donors (Lipinski definition) is 0. The molecular formula is C13H10N4OS. The highest BCUT2D eigenvalue weighted by molar-refractivity contribution is 7.12. The first-order chi connectivity index (χ1) is 9.28. The second-order valence-corrected chi connectivity index (χ2v) is 4.89. The zero-order valence-corrected chi connectivity index (χ0v) is 11.0. The molecule has 0 bridgehead atoms. The van der Waals surface area contributed by atoms with Crippen LogP contribution in [0.5, 0.6) is 0 Å². The molecule has 0 saturated carbocycles. The van der Waals surface area contributed by atoms with Gasteiger partial charge in [0, 0.05) is 17.8 Å². The third kappa shape index (κ3) is 2.17. The molecule has 0 aliphatic carbocycles. The van der Waals surface area contributed by atoms with Crippen LogP contribution in [0.25, 0.3) is 16.5 Å². The van der Waals surface area contributed by atoms with Gasteiger partial charge in [0.05, 0.1) is 11.4 Å². The van der Waals surface area contributed by atoms with Crippen molar-refractivity contribution in [1.29, 1.82) is 0 Å². The zero-order valence-electron chi connectivity index (χ0n) is 10.1. The van der Waals surface area contributed by atoms with Gasteiger partial charge in [0.1, 0.15) is 5.69 Å². The maximum absolute atomic E-state index is 10.9. The first kappa shape index (κ1) is 11.7. The first-order valence-corrected chi connectivity index (χ1v) is 6.54. The molecule has 3 heterocycles. The van der Waals surface area contributed by atoms with Gasteiger partial charge < -0.3 is 0 Å². The van der Waals surface area contributed by atoms with Gasteiger partial charge in [0.15, 0.2) is 6.29 Å². The summed E-state index contributed by atoms with van der Waals surface area (Å²) >= 11 is 1.46. The minimum Gasteiger partial charge on any atom is -0.296 e. The molecule has 0 radical (unpaired) electrons. The van der Waals surface area contributed by atoms with Crippen LogP contribution in [-0.2, 0) is 0 Å². The van der Waals surface area contributed by atoms with E-state index in [4.69, 9.17) is 0 Å². The molecule has 0 saturated heterocycles. The molecule has 0 aliphatic heterocycles. The number of carbonyl (C=O) groups is 1. The average molecular weight is 270 g/mol. The second-order valence-electron chi connectivity index (χ2n) is 4.02. The Kier molecular flexibility index (Phi) is 2.92. The lowest BCUT2D eigenvalue weighted by atomic mass is 10.2. The summed E-state index contributed by atoms with van der Waals surface area (Å²) in [5, 5.41) is 6.80. The minimum atomic E-state index is 0.368. The van der Waals surface area contributed by atoms with E-state index in [0.29, 0.717) is 10.8 Å². The van der Waals surface area contributed by atoms with Crippen LogP contribution in [0.1, 0.15) is 16.1 Å². The Morgan fingerprint density at radius 1 is 1.32 bits per heavy atom. The molecule has 0 spiro atoms. The normalized spacial score (nSPS) is 10.6.